The van der Waals surface area contributed by atoms with Crippen molar-refractivity contribution in [3.63, 3.8) is 0 Å². The van der Waals surface area contributed by atoms with Crippen molar-refractivity contribution in [3.8, 4) is 5.69 Å². The summed E-state index contributed by atoms with van der Waals surface area (Å²) in [7, 11) is -3.44. The van der Waals surface area contributed by atoms with Gasteiger partial charge in [0, 0.05) is 37.3 Å². The number of aromatic nitrogens is 3. The van der Waals surface area contributed by atoms with Crippen molar-refractivity contribution >= 4 is 28.3 Å². The highest BCUT2D eigenvalue weighted by molar-refractivity contribution is 7.92. The average Bonchev–Trinajstić information content (AvgIpc) is 3.14. The number of piperazine rings is 1. The molecule has 0 amide bonds. The molecule has 2 aromatic carbocycles. The number of hydrogen-bond donors (Lipinski definition) is 0. The van der Waals surface area contributed by atoms with Crippen LogP contribution in [0.1, 0.15) is 5.56 Å². The summed E-state index contributed by atoms with van der Waals surface area (Å²) in [5, 5.41) is 5.70. The van der Waals surface area contributed by atoms with Crippen LogP contribution in [-0.2, 0) is 16.7 Å². The second-order valence-electron chi connectivity index (χ2n) is 7.04. The Hall–Kier alpha value is -2.59. The van der Waals surface area contributed by atoms with E-state index in [4.69, 9.17) is 12.2 Å². The Morgan fingerprint density at radius 1 is 0.933 bits per heavy atom. The van der Waals surface area contributed by atoms with Crippen molar-refractivity contribution in [3.05, 3.63) is 82.7 Å². The van der Waals surface area contributed by atoms with Gasteiger partial charge in [0.05, 0.1) is 6.67 Å². The van der Waals surface area contributed by atoms with Crippen molar-refractivity contribution in [2.75, 3.05) is 26.2 Å². The first-order chi connectivity index (χ1) is 14.5. The third kappa shape index (κ3) is 4.76. The van der Waals surface area contributed by atoms with E-state index in [2.05, 4.69) is 10.00 Å². The number of hydrogen-bond acceptors (Lipinski definition) is 5. The fraction of sp³-hybridized carbons (Fsp3) is 0.238. The summed E-state index contributed by atoms with van der Waals surface area (Å²) in [5.74, 6) is 0. The fourth-order valence-electron chi connectivity index (χ4n) is 3.33. The molecule has 1 saturated heterocycles. The lowest BCUT2D eigenvalue weighted by Crippen LogP contribution is -2.48. The van der Waals surface area contributed by atoms with Crippen molar-refractivity contribution in [2.24, 2.45) is 0 Å². The van der Waals surface area contributed by atoms with Gasteiger partial charge in [-0.05, 0) is 36.0 Å². The van der Waals surface area contributed by atoms with Crippen LogP contribution in [0.2, 0.25) is 0 Å². The largest absolute Gasteiger partial charge is 0.282 e. The Balaban J connectivity index is 1.37. The molecule has 1 aliphatic rings. The van der Waals surface area contributed by atoms with E-state index in [0.29, 0.717) is 37.6 Å². The summed E-state index contributed by atoms with van der Waals surface area (Å²) >= 11 is 5.56. The van der Waals surface area contributed by atoms with Crippen molar-refractivity contribution in [2.45, 2.75) is 6.67 Å². The summed E-state index contributed by atoms with van der Waals surface area (Å²) in [5.41, 5.74) is 1.83. The van der Waals surface area contributed by atoms with E-state index in [1.165, 1.54) is 9.71 Å². The molecule has 4 rings (SSSR count). The molecule has 0 radical (unpaired) electrons. The van der Waals surface area contributed by atoms with Crippen LogP contribution < -0.4 is 0 Å². The van der Waals surface area contributed by atoms with Crippen LogP contribution in [0.25, 0.3) is 11.8 Å². The lowest BCUT2D eigenvalue weighted by atomic mass is 10.2. The minimum absolute atomic E-state index is 0.439. The van der Waals surface area contributed by atoms with Gasteiger partial charge in [0.2, 0.25) is 14.8 Å². The Morgan fingerprint density at radius 3 is 2.23 bits per heavy atom. The van der Waals surface area contributed by atoms with E-state index in [0.717, 1.165) is 11.3 Å². The van der Waals surface area contributed by atoms with E-state index in [1.54, 1.807) is 17.1 Å². The first kappa shape index (κ1) is 20.7. The van der Waals surface area contributed by atoms with Crippen LogP contribution in [0.3, 0.4) is 0 Å². The number of benzene rings is 2. The van der Waals surface area contributed by atoms with Crippen molar-refractivity contribution in [1.29, 1.82) is 0 Å². The summed E-state index contributed by atoms with van der Waals surface area (Å²) in [6, 6.07) is 19.3. The van der Waals surface area contributed by atoms with Crippen LogP contribution in [0, 0.1) is 4.77 Å². The Kier molecular flexibility index (Phi) is 6.24. The maximum absolute atomic E-state index is 12.6. The summed E-state index contributed by atoms with van der Waals surface area (Å²) in [4.78, 5) is 2.16. The molecular formula is C21H23N5O2S2. The van der Waals surface area contributed by atoms with Gasteiger partial charge in [0.25, 0.3) is 0 Å². The van der Waals surface area contributed by atoms with Crippen LogP contribution in [0.5, 0.6) is 0 Å². The second kappa shape index (κ2) is 9.05. The summed E-state index contributed by atoms with van der Waals surface area (Å²) < 4.78 is 31.0. The molecule has 9 heteroatoms. The molecule has 1 fully saturated rings. The molecule has 0 bridgehead atoms. The van der Waals surface area contributed by atoms with E-state index < -0.39 is 10.0 Å². The average molecular weight is 442 g/mol. The van der Waals surface area contributed by atoms with Gasteiger partial charge in [-0.3, -0.25) is 9.47 Å². The molecule has 0 saturated carbocycles. The van der Waals surface area contributed by atoms with Gasteiger partial charge < -0.3 is 0 Å². The maximum atomic E-state index is 12.6. The zero-order valence-electron chi connectivity index (χ0n) is 16.4. The molecule has 1 aliphatic heterocycles. The minimum atomic E-state index is -3.44. The molecule has 3 aromatic rings. The molecule has 7 nitrogen and oxygen atoms in total. The van der Waals surface area contributed by atoms with E-state index >= 15 is 0 Å². The van der Waals surface area contributed by atoms with E-state index in [9.17, 15) is 8.42 Å². The Bertz CT molecular complexity index is 1160. The van der Waals surface area contributed by atoms with Gasteiger partial charge >= 0.3 is 0 Å². The van der Waals surface area contributed by atoms with Crippen LogP contribution >= 0.6 is 12.2 Å². The van der Waals surface area contributed by atoms with Gasteiger partial charge in [0.1, 0.15) is 6.33 Å². The molecule has 30 heavy (non-hydrogen) atoms. The molecule has 1 aromatic heterocycles. The molecular weight excluding hydrogens is 418 g/mol. The molecule has 0 unspecified atom stereocenters. The molecule has 0 aliphatic carbocycles. The highest BCUT2D eigenvalue weighted by Gasteiger charge is 2.25. The summed E-state index contributed by atoms with van der Waals surface area (Å²) in [6.07, 6.45) is 3.35. The molecule has 2 heterocycles. The number of rotatable bonds is 6. The first-order valence-corrected chi connectivity index (χ1v) is 11.6. The third-order valence-corrected chi connectivity index (χ3v) is 7.00. The maximum Gasteiger partial charge on any atom is 0.236 e. The van der Waals surface area contributed by atoms with Crippen LogP contribution in [-0.4, -0.2) is 58.1 Å². The topological polar surface area (TPSA) is 63.4 Å². The zero-order chi connectivity index (χ0) is 21.0. The molecule has 0 atom stereocenters. The second-order valence-corrected chi connectivity index (χ2v) is 9.22. The van der Waals surface area contributed by atoms with Gasteiger partial charge in [-0.15, -0.1) is 0 Å². The van der Waals surface area contributed by atoms with Gasteiger partial charge in [-0.1, -0.05) is 48.5 Å². The molecule has 0 spiro atoms. The predicted molar refractivity (Wildman–Crippen MR) is 120 cm³/mol. The van der Waals surface area contributed by atoms with E-state index in [-0.39, 0.29) is 0 Å². The standard InChI is InChI=1S/C21H23N5O2S2/c27-30(28,16-11-19-7-3-1-4-8-19)24-14-12-23(13-15-24)18-26-21(29)25(17-22-26)20-9-5-2-6-10-20/h1-11,16-17H,12-15,18H2/b16-11+. The van der Waals surface area contributed by atoms with E-state index in [1.807, 2.05) is 65.2 Å². The van der Waals surface area contributed by atoms with Crippen LogP contribution in [0.4, 0.5) is 0 Å². The number of nitrogens with zero attached hydrogens (tertiary/aromatic N) is 5. The minimum Gasteiger partial charge on any atom is -0.282 e. The first-order valence-electron chi connectivity index (χ1n) is 9.68. The lowest BCUT2D eigenvalue weighted by molar-refractivity contribution is 0.145. The molecule has 156 valence electrons. The molecule has 0 N–H and O–H groups in total. The normalized spacial score (nSPS) is 16.3. The SMILES string of the molecule is O=S(=O)(/C=C/c1ccccc1)N1CCN(Cn2ncn(-c3ccccc3)c2=S)CC1. The highest BCUT2D eigenvalue weighted by atomic mass is 32.2. The van der Waals surface area contributed by atoms with Crippen molar-refractivity contribution in [1.82, 2.24) is 23.6 Å². The Morgan fingerprint density at radius 2 is 1.57 bits per heavy atom. The number of sulfonamides is 1. The quantitative estimate of drug-likeness (QED) is 0.551. The third-order valence-electron chi connectivity index (χ3n) is 5.02. The summed E-state index contributed by atoms with van der Waals surface area (Å²) in [6.45, 7) is 2.66. The Labute approximate surface area is 181 Å². The van der Waals surface area contributed by atoms with Gasteiger partial charge in [-0.25, -0.2) is 13.1 Å². The lowest BCUT2D eigenvalue weighted by Gasteiger charge is -2.32. The van der Waals surface area contributed by atoms with Gasteiger partial charge in [-0.2, -0.15) is 9.40 Å². The zero-order valence-corrected chi connectivity index (χ0v) is 18.0. The van der Waals surface area contributed by atoms with Crippen LogP contribution in [0.15, 0.2) is 72.4 Å². The highest BCUT2D eigenvalue weighted by Crippen LogP contribution is 2.13. The van der Waals surface area contributed by atoms with Crippen molar-refractivity contribution < 1.29 is 8.42 Å². The smallest absolute Gasteiger partial charge is 0.236 e. The predicted octanol–water partition coefficient (Wildman–Crippen LogP) is 2.98. The monoisotopic (exact) mass is 441 g/mol. The number of para-hydroxylation sites is 1. The van der Waals surface area contributed by atoms with Gasteiger partial charge in [0.15, 0.2) is 0 Å². The fourth-order valence-corrected chi connectivity index (χ4v) is 4.76.